The van der Waals surface area contributed by atoms with Crippen LogP contribution in [-0.4, -0.2) is 23.1 Å². The van der Waals surface area contributed by atoms with Gasteiger partial charge in [0.25, 0.3) is 0 Å². The Bertz CT molecular complexity index is 324. The fourth-order valence-corrected chi connectivity index (χ4v) is 1.69. The van der Waals surface area contributed by atoms with Gasteiger partial charge in [-0.1, -0.05) is 32.9 Å². The summed E-state index contributed by atoms with van der Waals surface area (Å²) in [5.41, 5.74) is 1.52. The van der Waals surface area contributed by atoms with E-state index in [2.05, 4.69) is 39.6 Å². The van der Waals surface area contributed by atoms with E-state index in [1.165, 1.54) is 5.56 Å². The number of benzene rings is 1. The van der Waals surface area contributed by atoms with Gasteiger partial charge in [0.05, 0.1) is 0 Å². The molecular weight excluding hydrogens is 198 g/mol. The average Bonchev–Trinajstić information content (AvgIpc) is 2.19. The van der Waals surface area contributed by atoms with Gasteiger partial charge < -0.3 is 5.11 Å². The number of hydrogen-bond acceptors (Lipinski definition) is 2. The highest BCUT2D eigenvalue weighted by Crippen LogP contribution is 2.24. The molecule has 90 valence electrons. The first-order valence-electron chi connectivity index (χ1n) is 5.79. The zero-order valence-electron chi connectivity index (χ0n) is 11.0. The number of phenols is 1. The second-order valence-corrected chi connectivity index (χ2v) is 5.62. The summed E-state index contributed by atoms with van der Waals surface area (Å²) in [6.45, 7) is 9.93. The lowest BCUT2D eigenvalue weighted by Crippen LogP contribution is -2.38. The molecule has 0 aliphatic carbocycles. The molecule has 0 bridgehead atoms. The summed E-state index contributed by atoms with van der Waals surface area (Å²) in [5, 5.41) is 9.22. The molecule has 0 radical (unpaired) electrons. The second kappa shape index (κ2) is 4.88. The minimum absolute atomic E-state index is 0.283. The molecule has 0 aliphatic rings. The molecule has 2 heteroatoms. The smallest absolute Gasteiger partial charge is 0.115 e. The lowest BCUT2D eigenvalue weighted by molar-refractivity contribution is 0.134. The maximum atomic E-state index is 9.22. The molecule has 0 spiro atoms. The normalized spacial score (nSPS) is 14.1. The van der Waals surface area contributed by atoms with E-state index in [0.29, 0.717) is 11.8 Å². The van der Waals surface area contributed by atoms with Gasteiger partial charge in [-0.05, 0) is 37.1 Å². The summed E-state index contributed by atoms with van der Waals surface area (Å²) in [6.07, 6.45) is 0. The molecular formula is C14H23NO. The van der Waals surface area contributed by atoms with E-state index in [4.69, 9.17) is 0 Å². The van der Waals surface area contributed by atoms with Crippen molar-refractivity contribution in [2.24, 2.45) is 5.41 Å². The van der Waals surface area contributed by atoms with Gasteiger partial charge in [0.2, 0.25) is 0 Å². The fourth-order valence-electron chi connectivity index (χ4n) is 1.69. The molecule has 1 rings (SSSR count). The molecule has 0 aliphatic heterocycles. The summed E-state index contributed by atoms with van der Waals surface area (Å²) >= 11 is 0. The highest BCUT2D eigenvalue weighted by molar-refractivity contribution is 5.25. The van der Waals surface area contributed by atoms with Crippen LogP contribution in [0.5, 0.6) is 5.75 Å². The Kier molecular flexibility index (Phi) is 3.98. The molecule has 16 heavy (non-hydrogen) atoms. The van der Waals surface area contributed by atoms with Crippen LogP contribution < -0.4 is 0 Å². The van der Waals surface area contributed by atoms with Crippen molar-refractivity contribution >= 4 is 0 Å². The van der Waals surface area contributed by atoms with E-state index < -0.39 is 0 Å². The number of hydrogen-bond donors (Lipinski definition) is 1. The van der Waals surface area contributed by atoms with Crippen molar-refractivity contribution in [3.05, 3.63) is 29.8 Å². The van der Waals surface area contributed by atoms with Gasteiger partial charge in [0.15, 0.2) is 0 Å². The van der Waals surface area contributed by atoms with Crippen LogP contribution in [0.25, 0.3) is 0 Å². The van der Waals surface area contributed by atoms with E-state index in [1.54, 1.807) is 12.1 Å². The van der Waals surface area contributed by atoms with E-state index in [9.17, 15) is 5.11 Å². The first-order valence-corrected chi connectivity index (χ1v) is 5.79. The highest BCUT2D eigenvalue weighted by atomic mass is 16.3. The Morgan fingerprint density at radius 2 is 1.69 bits per heavy atom. The zero-order chi connectivity index (χ0) is 12.3. The van der Waals surface area contributed by atoms with Crippen LogP contribution in [-0.2, 0) is 6.54 Å². The van der Waals surface area contributed by atoms with E-state index >= 15 is 0 Å². The lowest BCUT2D eigenvalue weighted by Gasteiger charge is -2.35. The minimum atomic E-state index is 0.283. The Labute approximate surface area is 98.9 Å². The van der Waals surface area contributed by atoms with Crippen molar-refractivity contribution in [3.63, 3.8) is 0 Å². The third-order valence-electron chi connectivity index (χ3n) is 3.28. The number of nitrogens with zero attached hydrogens (tertiary/aromatic N) is 1. The average molecular weight is 221 g/mol. The quantitative estimate of drug-likeness (QED) is 0.847. The molecule has 0 saturated carbocycles. The van der Waals surface area contributed by atoms with Crippen molar-refractivity contribution in [1.29, 1.82) is 0 Å². The van der Waals surface area contributed by atoms with Gasteiger partial charge >= 0.3 is 0 Å². The first kappa shape index (κ1) is 13.0. The van der Waals surface area contributed by atoms with Gasteiger partial charge in [-0.3, -0.25) is 4.90 Å². The summed E-state index contributed by atoms with van der Waals surface area (Å²) in [4.78, 5) is 2.34. The fraction of sp³-hybridized carbons (Fsp3) is 0.571. The van der Waals surface area contributed by atoms with E-state index in [1.807, 2.05) is 12.1 Å². The van der Waals surface area contributed by atoms with Crippen LogP contribution in [0, 0.1) is 5.41 Å². The Morgan fingerprint density at radius 3 is 2.12 bits per heavy atom. The van der Waals surface area contributed by atoms with Crippen LogP contribution in [0.4, 0.5) is 0 Å². The molecule has 0 aromatic heterocycles. The van der Waals surface area contributed by atoms with Crippen LogP contribution in [0.3, 0.4) is 0 Å². The maximum Gasteiger partial charge on any atom is 0.115 e. The molecule has 0 saturated heterocycles. The van der Waals surface area contributed by atoms with Gasteiger partial charge in [0.1, 0.15) is 5.75 Å². The Morgan fingerprint density at radius 1 is 1.19 bits per heavy atom. The second-order valence-electron chi connectivity index (χ2n) is 5.62. The van der Waals surface area contributed by atoms with Crippen LogP contribution in [0.1, 0.15) is 33.3 Å². The monoisotopic (exact) mass is 221 g/mol. The molecule has 1 aromatic rings. The molecule has 1 atom stereocenters. The molecule has 1 unspecified atom stereocenters. The number of phenolic OH excluding ortho intramolecular Hbond substituents is 1. The summed E-state index contributed by atoms with van der Waals surface area (Å²) < 4.78 is 0. The highest BCUT2D eigenvalue weighted by Gasteiger charge is 2.23. The van der Waals surface area contributed by atoms with Crippen molar-refractivity contribution in [2.75, 3.05) is 7.05 Å². The van der Waals surface area contributed by atoms with Crippen LogP contribution >= 0.6 is 0 Å². The summed E-state index contributed by atoms with van der Waals surface area (Å²) in [7, 11) is 2.14. The summed E-state index contributed by atoms with van der Waals surface area (Å²) in [5.74, 6) is 0.329. The topological polar surface area (TPSA) is 23.5 Å². The third-order valence-corrected chi connectivity index (χ3v) is 3.28. The first-order chi connectivity index (χ1) is 7.30. The molecule has 1 N–H and O–H groups in total. The van der Waals surface area contributed by atoms with Gasteiger partial charge in [-0.15, -0.1) is 0 Å². The molecule has 2 nitrogen and oxygen atoms in total. The third kappa shape index (κ3) is 3.53. The Balaban J connectivity index is 2.64. The van der Waals surface area contributed by atoms with E-state index in [-0.39, 0.29) is 5.41 Å². The molecule has 0 fully saturated rings. The van der Waals surface area contributed by atoms with Crippen molar-refractivity contribution in [1.82, 2.24) is 4.90 Å². The largest absolute Gasteiger partial charge is 0.508 e. The maximum absolute atomic E-state index is 9.22. The lowest BCUT2D eigenvalue weighted by atomic mass is 9.87. The van der Waals surface area contributed by atoms with Gasteiger partial charge in [-0.2, -0.15) is 0 Å². The van der Waals surface area contributed by atoms with Crippen LogP contribution in [0.2, 0.25) is 0 Å². The molecule has 1 aromatic carbocycles. The van der Waals surface area contributed by atoms with Gasteiger partial charge in [-0.25, -0.2) is 0 Å². The number of rotatable bonds is 3. The van der Waals surface area contributed by atoms with Crippen molar-refractivity contribution < 1.29 is 5.11 Å². The van der Waals surface area contributed by atoms with E-state index in [0.717, 1.165) is 6.54 Å². The standard InChI is InChI=1S/C14H23NO/c1-11(14(2,3)4)15(5)10-12-6-8-13(16)9-7-12/h6-9,11,16H,10H2,1-5H3. The predicted octanol–water partition coefficient (Wildman–Crippen LogP) is 3.26. The minimum Gasteiger partial charge on any atom is -0.508 e. The molecule has 0 amide bonds. The Hall–Kier alpha value is -1.02. The molecule has 0 heterocycles. The zero-order valence-corrected chi connectivity index (χ0v) is 11.0. The number of aromatic hydroxyl groups is 1. The van der Waals surface area contributed by atoms with Gasteiger partial charge in [0, 0.05) is 12.6 Å². The summed E-state index contributed by atoms with van der Waals surface area (Å²) in [6, 6.07) is 7.94. The predicted molar refractivity (Wildman–Crippen MR) is 68.5 cm³/mol. The SMILES string of the molecule is CC(N(C)Cc1ccc(O)cc1)C(C)(C)C. The van der Waals surface area contributed by atoms with Crippen molar-refractivity contribution in [3.8, 4) is 5.75 Å². The van der Waals surface area contributed by atoms with Crippen LogP contribution in [0.15, 0.2) is 24.3 Å². The van der Waals surface area contributed by atoms with Crippen molar-refractivity contribution in [2.45, 2.75) is 40.3 Å².